The van der Waals surface area contributed by atoms with E-state index >= 15 is 0 Å². The maximum atomic E-state index is 4.62. The molecule has 0 aromatic carbocycles. The minimum absolute atomic E-state index is 0.702. The van der Waals surface area contributed by atoms with E-state index < -0.39 is 0 Å². The highest BCUT2D eigenvalue weighted by Gasteiger charge is 2.10. The topological polar surface area (TPSA) is 50.7 Å². The third-order valence-electron chi connectivity index (χ3n) is 3.41. The van der Waals surface area contributed by atoms with Crippen LogP contribution in [0.15, 0.2) is 22.8 Å². The number of nitrogens with zero attached hydrogens (tertiary/aromatic N) is 3. The molecular formula is C16H21BrN4. The Hall–Kier alpha value is -1.33. The standard InChI is InChI=1S/C16H21BrN4/c1-4-18-9-5-6-14-11(2)20-16(21-12(14)3)15-8-7-13(17)10-19-15/h7-8,10,18H,4-6,9H2,1-3H3. The molecule has 0 saturated heterocycles. The van der Waals surface area contributed by atoms with E-state index in [0.29, 0.717) is 5.82 Å². The molecule has 0 saturated carbocycles. The normalized spacial score (nSPS) is 10.9. The van der Waals surface area contributed by atoms with Gasteiger partial charge in [-0.3, -0.25) is 4.98 Å². The van der Waals surface area contributed by atoms with Gasteiger partial charge in [0.2, 0.25) is 0 Å². The summed E-state index contributed by atoms with van der Waals surface area (Å²) in [4.78, 5) is 13.6. The van der Waals surface area contributed by atoms with Crippen LogP contribution in [0.3, 0.4) is 0 Å². The zero-order valence-corrected chi connectivity index (χ0v) is 14.4. The highest BCUT2D eigenvalue weighted by atomic mass is 79.9. The summed E-state index contributed by atoms with van der Waals surface area (Å²) in [5, 5.41) is 3.34. The van der Waals surface area contributed by atoms with Crippen molar-refractivity contribution >= 4 is 15.9 Å². The molecule has 0 radical (unpaired) electrons. The third-order valence-corrected chi connectivity index (χ3v) is 3.88. The van der Waals surface area contributed by atoms with Gasteiger partial charge in [0.05, 0.1) is 0 Å². The molecule has 0 spiro atoms. The molecule has 4 nitrogen and oxygen atoms in total. The molecule has 2 rings (SSSR count). The van der Waals surface area contributed by atoms with Crippen LogP contribution in [0.1, 0.15) is 30.3 Å². The third kappa shape index (κ3) is 4.32. The summed E-state index contributed by atoms with van der Waals surface area (Å²) >= 11 is 3.39. The van der Waals surface area contributed by atoms with Gasteiger partial charge in [0.1, 0.15) is 5.69 Å². The Morgan fingerprint density at radius 2 is 1.86 bits per heavy atom. The number of hydrogen-bond acceptors (Lipinski definition) is 4. The van der Waals surface area contributed by atoms with Crippen LogP contribution in [-0.2, 0) is 6.42 Å². The summed E-state index contributed by atoms with van der Waals surface area (Å²) in [6.07, 6.45) is 3.89. The zero-order valence-electron chi connectivity index (χ0n) is 12.8. The lowest BCUT2D eigenvalue weighted by Gasteiger charge is -2.11. The maximum absolute atomic E-state index is 4.62. The van der Waals surface area contributed by atoms with Gasteiger partial charge in [-0.15, -0.1) is 0 Å². The first-order valence-electron chi connectivity index (χ1n) is 7.28. The molecule has 2 heterocycles. The van der Waals surface area contributed by atoms with Crippen molar-refractivity contribution in [1.82, 2.24) is 20.3 Å². The Bertz CT molecular complexity index is 573. The largest absolute Gasteiger partial charge is 0.317 e. The second-order valence-corrected chi connectivity index (χ2v) is 5.93. The lowest BCUT2D eigenvalue weighted by molar-refractivity contribution is 0.667. The second kappa shape index (κ2) is 7.61. The smallest absolute Gasteiger partial charge is 0.178 e. The van der Waals surface area contributed by atoms with Crippen LogP contribution in [-0.4, -0.2) is 28.0 Å². The summed E-state index contributed by atoms with van der Waals surface area (Å²) in [7, 11) is 0. The summed E-state index contributed by atoms with van der Waals surface area (Å²) in [6.45, 7) is 8.28. The van der Waals surface area contributed by atoms with E-state index in [-0.39, 0.29) is 0 Å². The molecule has 0 amide bonds. The number of nitrogens with one attached hydrogen (secondary N) is 1. The van der Waals surface area contributed by atoms with Crippen molar-refractivity contribution in [3.05, 3.63) is 39.8 Å². The molecule has 0 fully saturated rings. The number of halogens is 1. The molecule has 2 aromatic rings. The van der Waals surface area contributed by atoms with Crippen LogP contribution < -0.4 is 5.32 Å². The van der Waals surface area contributed by atoms with Gasteiger partial charge in [-0.25, -0.2) is 9.97 Å². The molecule has 21 heavy (non-hydrogen) atoms. The minimum Gasteiger partial charge on any atom is -0.317 e. The number of hydrogen-bond donors (Lipinski definition) is 1. The number of pyridine rings is 1. The number of rotatable bonds is 6. The molecule has 0 aliphatic rings. The molecular weight excluding hydrogens is 328 g/mol. The van der Waals surface area contributed by atoms with E-state index in [1.165, 1.54) is 5.56 Å². The maximum Gasteiger partial charge on any atom is 0.178 e. The van der Waals surface area contributed by atoms with Gasteiger partial charge in [0.15, 0.2) is 5.82 Å². The Labute approximate surface area is 134 Å². The first-order valence-corrected chi connectivity index (χ1v) is 8.08. The van der Waals surface area contributed by atoms with Gasteiger partial charge in [-0.1, -0.05) is 6.92 Å². The molecule has 0 unspecified atom stereocenters. The van der Waals surface area contributed by atoms with Crippen molar-refractivity contribution in [1.29, 1.82) is 0 Å². The fraction of sp³-hybridized carbons (Fsp3) is 0.438. The van der Waals surface area contributed by atoms with E-state index in [0.717, 1.165) is 47.5 Å². The second-order valence-electron chi connectivity index (χ2n) is 5.02. The van der Waals surface area contributed by atoms with Crippen molar-refractivity contribution in [3.63, 3.8) is 0 Å². The summed E-state index contributed by atoms with van der Waals surface area (Å²) < 4.78 is 0.958. The van der Waals surface area contributed by atoms with E-state index in [2.05, 4.69) is 57.0 Å². The van der Waals surface area contributed by atoms with Gasteiger partial charge in [-0.05, 0) is 73.4 Å². The number of aromatic nitrogens is 3. The highest BCUT2D eigenvalue weighted by molar-refractivity contribution is 9.10. The molecule has 0 atom stereocenters. The zero-order chi connectivity index (χ0) is 15.2. The molecule has 0 aliphatic carbocycles. The Balaban J connectivity index is 2.18. The highest BCUT2D eigenvalue weighted by Crippen LogP contribution is 2.19. The van der Waals surface area contributed by atoms with Crippen molar-refractivity contribution in [2.45, 2.75) is 33.6 Å². The first kappa shape index (κ1) is 16.0. The van der Waals surface area contributed by atoms with Crippen LogP contribution >= 0.6 is 15.9 Å². The average Bonchev–Trinajstić information content (AvgIpc) is 2.46. The molecule has 5 heteroatoms. The van der Waals surface area contributed by atoms with Crippen LogP contribution in [0.4, 0.5) is 0 Å². The fourth-order valence-electron chi connectivity index (χ4n) is 2.29. The van der Waals surface area contributed by atoms with Crippen molar-refractivity contribution < 1.29 is 0 Å². The van der Waals surface area contributed by atoms with Crippen molar-refractivity contribution in [3.8, 4) is 11.5 Å². The van der Waals surface area contributed by atoms with Crippen LogP contribution in [0.25, 0.3) is 11.5 Å². The summed E-state index contributed by atoms with van der Waals surface area (Å²) in [5.41, 5.74) is 4.18. The van der Waals surface area contributed by atoms with Gasteiger partial charge in [0, 0.05) is 22.1 Å². The average molecular weight is 349 g/mol. The predicted molar refractivity (Wildman–Crippen MR) is 89.3 cm³/mol. The predicted octanol–water partition coefficient (Wildman–Crippen LogP) is 3.46. The summed E-state index contributed by atoms with van der Waals surface area (Å²) in [6, 6.07) is 3.89. The van der Waals surface area contributed by atoms with E-state index in [9.17, 15) is 0 Å². The van der Waals surface area contributed by atoms with Gasteiger partial charge >= 0.3 is 0 Å². The van der Waals surface area contributed by atoms with E-state index in [4.69, 9.17) is 0 Å². The van der Waals surface area contributed by atoms with Gasteiger partial charge in [0.25, 0.3) is 0 Å². The summed E-state index contributed by atoms with van der Waals surface area (Å²) in [5.74, 6) is 0.702. The van der Waals surface area contributed by atoms with E-state index in [1.807, 2.05) is 12.1 Å². The minimum atomic E-state index is 0.702. The van der Waals surface area contributed by atoms with Crippen molar-refractivity contribution in [2.75, 3.05) is 13.1 Å². The number of aryl methyl sites for hydroxylation is 2. The lowest BCUT2D eigenvalue weighted by Crippen LogP contribution is -2.15. The van der Waals surface area contributed by atoms with Gasteiger partial charge < -0.3 is 5.32 Å². The molecule has 2 aromatic heterocycles. The van der Waals surface area contributed by atoms with Crippen LogP contribution in [0.5, 0.6) is 0 Å². The van der Waals surface area contributed by atoms with Crippen LogP contribution in [0.2, 0.25) is 0 Å². The van der Waals surface area contributed by atoms with Crippen molar-refractivity contribution in [2.24, 2.45) is 0 Å². The first-order chi connectivity index (χ1) is 10.1. The fourth-order valence-corrected chi connectivity index (χ4v) is 2.53. The monoisotopic (exact) mass is 348 g/mol. The van der Waals surface area contributed by atoms with Crippen LogP contribution in [0, 0.1) is 13.8 Å². The molecule has 0 bridgehead atoms. The SMILES string of the molecule is CCNCCCc1c(C)nc(-c2ccc(Br)cn2)nc1C. The Kier molecular flexibility index (Phi) is 5.82. The molecule has 1 N–H and O–H groups in total. The molecule has 0 aliphatic heterocycles. The quantitative estimate of drug-likeness (QED) is 0.812. The Morgan fingerprint density at radius 1 is 1.14 bits per heavy atom. The van der Waals surface area contributed by atoms with Gasteiger partial charge in [-0.2, -0.15) is 0 Å². The Morgan fingerprint density at radius 3 is 2.43 bits per heavy atom. The molecule has 112 valence electrons. The lowest BCUT2D eigenvalue weighted by atomic mass is 10.1. The van der Waals surface area contributed by atoms with E-state index in [1.54, 1.807) is 6.20 Å².